The maximum Gasteiger partial charge on any atom is 0.363 e. The highest BCUT2D eigenvalue weighted by Gasteiger charge is 2.47. The van der Waals surface area contributed by atoms with Crippen LogP contribution in [0, 0.1) is 18.8 Å². The Kier molecular flexibility index (Phi) is 4.09. The van der Waals surface area contributed by atoms with Crippen LogP contribution in [-0.4, -0.2) is 24.5 Å². The van der Waals surface area contributed by atoms with Gasteiger partial charge < -0.3 is 9.47 Å². The fourth-order valence-electron chi connectivity index (χ4n) is 2.63. The van der Waals surface area contributed by atoms with E-state index in [0.717, 1.165) is 11.1 Å². The number of aryl methyl sites for hydroxylation is 1. The van der Waals surface area contributed by atoms with E-state index in [1.54, 1.807) is 24.3 Å². The first kappa shape index (κ1) is 15.8. The van der Waals surface area contributed by atoms with Crippen LogP contribution in [0.1, 0.15) is 27.9 Å². The molecule has 4 heteroatoms. The normalized spacial score (nSPS) is 18.7. The largest absolute Gasteiger partial charge is 0.465 e. The van der Waals surface area contributed by atoms with Gasteiger partial charge in [0.25, 0.3) is 5.60 Å². The van der Waals surface area contributed by atoms with Crippen molar-refractivity contribution in [2.75, 3.05) is 7.11 Å². The minimum absolute atomic E-state index is 0.171. The lowest BCUT2D eigenvalue weighted by Crippen LogP contribution is -2.48. The SMILES string of the molecule is COC(=O)[C@]1(C#Cc2cccc(C)c2)CC(=O)c2ccccc2O1. The summed E-state index contributed by atoms with van der Waals surface area (Å²) >= 11 is 0. The second-order valence-electron chi connectivity index (χ2n) is 5.64. The monoisotopic (exact) mass is 320 g/mol. The van der Waals surface area contributed by atoms with Crippen LogP contribution in [0.2, 0.25) is 0 Å². The number of para-hydroxylation sites is 1. The van der Waals surface area contributed by atoms with Crippen LogP contribution in [-0.2, 0) is 9.53 Å². The fraction of sp³-hybridized carbons (Fsp3) is 0.200. The first-order chi connectivity index (χ1) is 11.5. The number of Topliss-reactive ketones (excluding diaryl/α,β-unsaturated/α-hetero) is 1. The molecule has 0 unspecified atom stereocenters. The lowest BCUT2D eigenvalue weighted by Gasteiger charge is -2.31. The Morgan fingerprint density at radius 2 is 2.00 bits per heavy atom. The lowest BCUT2D eigenvalue weighted by atomic mass is 9.90. The van der Waals surface area contributed by atoms with E-state index < -0.39 is 11.6 Å². The molecule has 0 saturated carbocycles. The van der Waals surface area contributed by atoms with Crippen molar-refractivity contribution in [3.8, 4) is 17.6 Å². The van der Waals surface area contributed by atoms with Crippen LogP contribution >= 0.6 is 0 Å². The van der Waals surface area contributed by atoms with Gasteiger partial charge in [0, 0.05) is 5.56 Å². The molecule has 1 aliphatic heterocycles. The topological polar surface area (TPSA) is 52.6 Å². The third-order valence-electron chi connectivity index (χ3n) is 3.82. The summed E-state index contributed by atoms with van der Waals surface area (Å²) in [5, 5.41) is 0. The number of ketones is 1. The van der Waals surface area contributed by atoms with Crippen LogP contribution in [0.25, 0.3) is 0 Å². The van der Waals surface area contributed by atoms with Gasteiger partial charge in [0.1, 0.15) is 5.75 Å². The molecule has 1 atom stereocenters. The highest BCUT2D eigenvalue weighted by Crippen LogP contribution is 2.33. The number of fused-ring (bicyclic) bond motifs is 1. The van der Waals surface area contributed by atoms with Crippen molar-refractivity contribution in [1.82, 2.24) is 0 Å². The molecule has 1 heterocycles. The molecule has 4 nitrogen and oxygen atoms in total. The van der Waals surface area contributed by atoms with E-state index >= 15 is 0 Å². The van der Waals surface area contributed by atoms with E-state index in [2.05, 4.69) is 11.8 Å². The molecule has 0 aliphatic carbocycles. The summed E-state index contributed by atoms with van der Waals surface area (Å²) in [5.41, 5.74) is 0.631. The summed E-state index contributed by atoms with van der Waals surface area (Å²) in [4.78, 5) is 24.8. The van der Waals surface area contributed by atoms with Gasteiger partial charge in [0.05, 0.1) is 19.1 Å². The van der Waals surface area contributed by atoms with Crippen LogP contribution in [0.5, 0.6) is 5.75 Å². The Morgan fingerprint density at radius 1 is 1.21 bits per heavy atom. The fourth-order valence-corrected chi connectivity index (χ4v) is 2.63. The van der Waals surface area contributed by atoms with Crippen molar-refractivity contribution in [2.45, 2.75) is 18.9 Å². The van der Waals surface area contributed by atoms with E-state index in [1.807, 2.05) is 31.2 Å². The molecular formula is C20H16O4. The molecule has 0 amide bonds. The van der Waals surface area contributed by atoms with E-state index in [9.17, 15) is 9.59 Å². The Labute approximate surface area is 140 Å². The summed E-state index contributed by atoms with van der Waals surface area (Å²) in [6.07, 6.45) is -0.171. The van der Waals surface area contributed by atoms with Crippen LogP contribution < -0.4 is 4.74 Å². The highest BCUT2D eigenvalue weighted by molar-refractivity contribution is 6.05. The molecular weight excluding hydrogens is 304 g/mol. The van der Waals surface area contributed by atoms with Crippen LogP contribution in [0.3, 0.4) is 0 Å². The molecule has 0 saturated heterocycles. The summed E-state index contributed by atoms with van der Waals surface area (Å²) in [5.74, 6) is 5.24. The summed E-state index contributed by atoms with van der Waals surface area (Å²) < 4.78 is 10.7. The molecule has 24 heavy (non-hydrogen) atoms. The van der Waals surface area contributed by atoms with Gasteiger partial charge in [0.2, 0.25) is 0 Å². The van der Waals surface area contributed by atoms with Crippen molar-refractivity contribution in [3.05, 3.63) is 65.2 Å². The number of esters is 1. The zero-order valence-corrected chi connectivity index (χ0v) is 13.5. The van der Waals surface area contributed by atoms with Gasteiger partial charge in [-0.1, -0.05) is 30.2 Å². The number of hydrogen-bond donors (Lipinski definition) is 0. The van der Waals surface area contributed by atoms with Crippen LogP contribution in [0.15, 0.2) is 48.5 Å². The van der Waals surface area contributed by atoms with E-state index in [4.69, 9.17) is 9.47 Å². The van der Waals surface area contributed by atoms with Gasteiger partial charge in [-0.2, -0.15) is 0 Å². The van der Waals surface area contributed by atoms with E-state index in [-0.39, 0.29) is 12.2 Å². The second-order valence-corrected chi connectivity index (χ2v) is 5.64. The molecule has 0 N–H and O–H groups in total. The number of rotatable bonds is 1. The second kappa shape index (κ2) is 6.21. The molecule has 120 valence electrons. The Hall–Kier alpha value is -3.06. The first-order valence-corrected chi connectivity index (χ1v) is 7.53. The van der Waals surface area contributed by atoms with Gasteiger partial charge in [-0.3, -0.25) is 4.79 Å². The molecule has 0 spiro atoms. The third kappa shape index (κ3) is 2.89. The summed E-state index contributed by atoms with van der Waals surface area (Å²) in [6.45, 7) is 1.96. The van der Waals surface area contributed by atoms with Crippen LogP contribution in [0.4, 0.5) is 0 Å². The maximum atomic E-state index is 12.4. The van der Waals surface area contributed by atoms with E-state index in [0.29, 0.717) is 11.3 Å². The maximum absolute atomic E-state index is 12.4. The van der Waals surface area contributed by atoms with Crippen molar-refractivity contribution in [2.24, 2.45) is 0 Å². The van der Waals surface area contributed by atoms with Crippen molar-refractivity contribution < 1.29 is 19.1 Å². The van der Waals surface area contributed by atoms with Gasteiger partial charge in [-0.25, -0.2) is 4.79 Å². The predicted octanol–water partition coefficient (Wildman–Crippen LogP) is 2.92. The molecule has 3 rings (SSSR count). The van der Waals surface area contributed by atoms with Gasteiger partial charge in [-0.05, 0) is 42.7 Å². The molecule has 2 aromatic carbocycles. The number of methoxy groups -OCH3 is 1. The minimum Gasteiger partial charge on any atom is -0.465 e. The summed E-state index contributed by atoms with van der Waals surface area (Å²) in [7, 11) is 1.26. The molecule has 0 radical (unpaired) electrons. The number of carbonyl (C=O) groups is 2. The van der Waals surface area contributed by atoms with Gasteiger partial charge in [-0.15, -0.1) is 0 Å². The smallest absolute Gasteiger partial charge is 0.363 e. The Bertz CT molecular complexity index is 872. The Balaban J connectivity index is 2.05. The number of benzene rings is 2. The summed E-state index contributed by atoms with van der Waals surface area (Å²) in [6, 6.07) is 14.4. The highest BCUT2D eigenvalue weighted by atomic mass is 16.6. The average Bonchev–Trinajstić information content (AvgIpc) is 2.59. The van der Waals surface area contributed by atoms with Crippen molar-refractivity contribution in [3.63, 3.8) is 0 Å². The minimum atomic E-state index is -1.62. The third-order valence-corrected chi connectivity index (χ3v) is 3.82. The van der Waals surface area contributed by atoms with Gasteiger partial charge in [0.15, 0.2) is 5.78 Å². The first-order valence-electron chi connectivity index (χ1n) is 7.53. The lowest BCUT2D eigenvalue weighted by molar-refractivity contribution is -0.154. The molecule has 0 aromatic heterocycles. The molecule has 2 aromatic rings. The number of hydrogen-bond acceptors (Lipinski definition) is 4. The quantitative estimate of drug-likeness (QED) is 0.599. The van der Waals surface area contributed by atoms with Gasteiger partial charge >= 0.3 is 5.97 Å². The predicted molar refractivity (Wildman–Crippen MR) is 88.8 cm³/mol. The molecule has 0 fully saturated rings. The number of ether oxygens (including phenoxy) is 2. The molecule has 0 bridgehead atoms. The zero-order chi connectivity index (χ0) is 17.2. The van der Waals surface area contributed by atoms with Crippen molar-refractivity contribution >= 4 is 11.8 Å². The van der Waals surface area contributed by atoms with Crippen molar-refractivity contribution in [1.29, 1.82) is 0 Å². The van der Waals surface area contributed by atoms with E-state index in [1.165, 1.54) is 7.11 Å². The Morgan fingerprint density at radius 3 is 2.75 bits per heavy atom. The number of carbonyl (C=O) groups excluding carboxylic acids is 2. The zero-order valence-electron chi connectivity index (χ0n) is 13.5. The molecule has 1 aliphatic rings. The average molecular weight is 320 g/mol. The standard InChI is InChI=1S/C20H16O4/c1-14-6-5-7-15(12-14)10-11-20(19(22)23-2)13-17(21)16-8-3-4-9-18(16)24-20/h3-9,12H,13H2,1-2H3/t20-/m0/s1.